The zero-order chi connectivity index (χ0) is 12.5. The highest BCUT2D eigenvalue weighted by molar-refractivity contribution is 5.44. The SMILES string of the molecule is CCCNc1cncc(OCCOC(C)C)c1. The third-order valence-electron chi connectivity index (χ3n) is 2.10. The van der Waals surface area contributed by atoms with Crippen LogP contribution in [-0.4, -0.2) is 30.8 Å². The van der Waals surface area contributed by atoms with Gasteiger partial charge in [0.05, 0.1) is 30.8 Å². The number of aromatic nitrogens is 1. The first-order chi connectivity index (χ1) is 8.22. The van der Waals surface area contributed by atoms with Crippen molar-refractivity contribution in [1.82, 2.24) is 4.98 Å². The van der Waals surface area contributed by atoms with Gasteiger partial charge in [-0.2, -0.15) is 0 Å². The molecular formula is C13H22N2O2. The number of anilines is 1. The standard InChI is InChI=1S/C13H22N2O2/c1-4-5-15-12-8-13(10-14-9-12)17-7-6-16-11(2)3/h8-11,15H,4-7H2,1-3H3. The molecule has 0 unspecified atom stereocenters. The van der Waals surface area contributed by atoms with Gasteiger partial charge in [-0.3, -0.25) is 4.98 Å². The van der Waals surface area contributed by atoms with Crippen molar-refractivity contribution in [3.8, 4) is 5.75 Å². The Labute approximate surface area is 103 Å². The molecule has 1 aromatic heterocycles. The van der Waals surface area contributed by atoms with Crippen molar-refractivity contribution in [2.45, 2.75) is 33.3 Å². The molecule has 0 spiro atoms. The van der Waals surface area contributed by atoms with Crippen molar-refractivity contribution in [2.75, 3.05) is 25.1 Å². The topological polar surface area (TPSA) is 43.4 Å². The summed E-state index contributed by atoms with van der Waals surface area (Å²) in [7, 11) is 0. The van der Waals surface area contributed by atoms with Gasteiger partial charge < -0.3 is 14.8 Å². The maximum Gasteiger partial charge on any atom is 0.139 e. The van der Waals surface area contributed by atoms with Gasteiger partial charge in [-0.25, -0.2) is 0 Å². The van der Waals surface area contributed by atoms with Crippen molar-refractivity contribution in [2.24, 2.45) is 0 Å². The number of rotatable bonds is 8. The summed E-state index contributed by atoms with van der Waals surface area (Å²) in [5.41, 5.74) is 0.995. The maximum absolute atomic E-state index is 5.55. The minimum Gasteiger partial charge on any atom is -0.489 e. The summed E-state index contributed by atoms with van der Waals surface area (Å²) in [6, 6.07) is 1.96. The number of pyridine rings is 1. The van der Waals surface area contributed by atoms with Crippen LogP contribution in [0.4, 0.5) is 5.69 Å². The number of hydrogen-bond acceptors (Lipinski definition) is 4. The Morgan fingerprint density at radius 1 is 1.29 bits per heavy atom. The number of hydrogen-bond donors (Lipinski definition) is 1. The van der Waals surface area contributed by atoms with Crippen molar-refractivity contribution >= 4 is 5.69 Å². The van der Waals surface area contributed by atoms with Crippen LogP contribution in [0.15, 0.2) is 18.5 Å². The first kappa shape index (κ1) is 13.8. The molecule has 0 saturated carbocycles. The van der Waals surface area contributed by atoms with Gasteiger partial charge in [0.1, 0.15) is 12.4 Å². The number of nitrogens with zero attached hydrogens (tertiary/aromatic N) is 1. The summed E-state index contributed by atoms with van der Waals surface area (Å²) in [5, 5.41) is 3.27. The van der Waals surface area contributed by atoms with E-state index in [9.17, 15) is 0 Å². The van der Waals surface area contributed by atoms with E-state index in [4.69, 9.17) is 9.47 Å². The monoisotopic (exact) mass is 238 g/mol. The minimum absolute atomic E-state index is 0.245. The molecule has 0 aliphatic carbocycles. The Kier molecular flexibility index (Phi) is 6.40. The lowest BCUT2D eigenvalue weighted by Gasteiger charge is -2.10. The molecule has 0 atom stereocenters. The summed E-state index contributed by atoms with van der Waals surface area (Å²) < 4.78 is 10.9. The Hall–Kier alpha value is -1.29. The highest BCUT2D eigenvalue weighted by Crippen LogP contribution is 2.15. The van der Waals surface area contributed by atoms with Gasteiger partial charge in [-0.05, 0) is 20.3 Å². The van der Waals surface area contributed by atoms with Crippen LogP contribution in [-0.2, 0) is 4.74 Å². The van der Waals surface area contributed by atoms with E-state index < -0.39 is 0 Å². The minimum atomic E-state index is 0.245. The quantitative estimate of drug-likeness (QED) is 0.707. The molecule has 1 rings (SSSR count). The highest BCUT2D eigenvalue weighted by atomic mass is 16.5. The second kappa shape index (κ2) is 7.90. The summed E-state index contributed by atoms with van der Waals surface area (Å²) in [6.07, 6.45) is 4.85. The van der Waals surface area contributed by atoms with Gasteiger partial charge in [-0.15, -0.1) is 0 Å². The Morgan fingerprint density at radius 2 is 2.12 bits per heavy atom. The Bertz CT molecular complexity index is 316. The summed E-state index contributed by atoms with van der Waals surface area (Å²) in [5.74, 6) is 0.776. The molecule has 1 heterocycles. The molecule has 0 fully saturated rings. The van der Waals surface area contributed by atoms with Crippen LogP contribution in [0, 0.1) is 0 Å². The lowest BCUT2D eigenvalue weighted by Crippen LogP contribution is -2.11. The lowest BCUT2D eigenvalue weighted by molar-refractivity contribution is 0.0552. The highest BCUT2D eigenvalue weighted by Gasteiger charge is 1.98. The Morgan fingerprint density at radius 3 is 2.82 bits per heavy atom. The smallest absolute Gasteiger partial charge is 0.139 e. The van der Waals surface area contributed by atoms with Crippen molar-refractivity contribution < 1.29 is 9.47 Å². The van der Waals surface area contributed by atoms with Gasteiger partial charge in [0, 0.05) is 12.6 Å². The molecule has 17 heavy (non-hydrogen) atoms. The molecule has 96 valence electrons. The fraction of sp³-hybridized carbons (Fsp3) is 0.615. The molecule has 0 radical (unpaired) electrons. The van der Waals surface area contributed by atoms with Gasteiger partial charge in [0.25, 0.3) is 0 Å². The van der Waals surface area contributed by atoms with Crippen LogP contribution < -0.4 is 10.1 Å². The van der Waals surface area contributed by atoms with Crippen LogP contribution in [0.3, 0.4) is 0 Å². The molecule has 0 aromatic carbocycles. The second-order valence-corrected chi connectivity index (χ2v) is 4.10. The zero-order valence-electron chi connectivity index (χ0n) is 10.9. The molecule has 0 aliphatic rings. The van der Waals surface area contributed by atoms with Crippen LogP contribution in [0.2, 0.25) is 0 Å². The van der Waals surface area contributed by atoms with E-state index in [1.54, 1.807) is 12.4 Å². The van der Waals surface area contributed by atoms with E-state index >= 15 is 0 Å². The van der Waals surface area contributed by atoms with E-state index in [2.05, 4.69) is 17.2 Å². The molecule has 4 heteroatoms. The van der Waals surface area contributed by atoms with E-state index in [1.807, 2.05) is 19.9 Å². The summed E-state index contributed by atoms with van der Waals surface area (Å²) in [6.45, 7) is 8.25. The molecule has 1 aromatic rings. The fourth-order valence-corrected chi connectivity index (χ4v) is 1.31. The lowest BCUT2D eigenvalue weighted by atomic mass is 10.4. The Balaban J connectivity index is 2.32. The number of nitrogens with one attached hydrogen (secondary N) is 1. The predicted molar refractivity (Wildman–Crippen MR) is 69.6 cm³/mol. The average Bonchev–Trinajstić information content (AvgIpc) is 2.32. The van der Waals surface area contributed by atoms with Crippen LogP contribution in [0.25, 0.3) is 0 Å². The second-order valence-electron chi connectivity index (χ2n) is 4.10. The predicted octanol–water partition coefficient (Wildman–Crippen LogP) is 2.71. The van der Waals surface area contributed by atoms with Crippen molar-refractivity contribution in [3.63, 3.8) is 0 Å². The van der Waals surface area contributed by atoms with Crippen molar-refractivity contribution in [1.29, 1.82) is 0 Å². The summed E-state index contributed by atoms with van der Waals surface area (Å²) >= 11 is 0. The van der Waals surface area contributed by atoms with Crippen LogP contribution >= 0.6 is 0 Å². The normalized spacial score (nSPS) is 10.6. The molecule has 0 amide bonds. The van der Waals surface area contributed by atoms with E-state index in [-0.39, 0.29) is 6.10 Å². The summed E-state index contributed by atoms with van der Waals surface area (Å²) in [4.78, 5) is 4.12. The fourth-order valence-electron chi connectivity index (χ4n) is 1.31. The molecule has 0 bridgehead atoms. The molecule has 0 saturated heterocycles. The van der Waals surface area contributed by atoms with Crippen molar-refractivity contribution in [3.05, 3.63) is 18.5 Å². The molecule has 1 N–H and O–H groups in total. The van der Waals surface area contributed by atoms with E-state index in [0.717, 1.165) is 24.4 Å². The third kappa shape index (κ3) is 6.12. The van der Waals surface area contributed by atoms with E-state index in [1.165, 1.54) is 0 Å². The number of ether oxygens (including phenoxy) is 2. The van der Waals surface area contributed by atoms with E-state index in [0.29, 0.717) is 13.2 Å². The molecule has 0 aliphatic heterocycles. The zero-order valence-corrected chi connectivity index (χ0v) is 10.9. The van der Waals surface area contributed by atoms with Gasteiger partial charge >= 0.3 is 0 Å². The molecule has 4 nitrogen and oxygen atoms in total. The van der Waals surface area contributed by atoms with Crippen LogP contribution in [0.5, 0.6) is 5.75 Å². The van der Waals surface area contributed by atoms with Gasteiger partial charge in [0.2, 0.25) is 0 Å². The molecular weight excluding hydrogens is 216 g/mol. The largest absolute Gasteiger partial charge is 0.489 e. The maximum atomic E-state index is 5.55. The van der Waals surface area contributed by atoms with Crippen LogP contribution in [0.1, 0.15) is 27.2 Å². The average molecular weight is 238 g/mol. The first-order valence-corrected chi connectivity index (χ1v) is 6.15. The third-order valence-corrected chi connectivity index (χ3v) is 2.10. The first-order valence-electron chi connectivity index (χ1n) is 6.15. The van der Waals surface area contributed by atoms with Gasteiger partial charge in [0.15, 0.2) is 0 Å². The van der Waals surface area contributed by atoms with Gasteiger partial charge in [-0.1, -0.05) is 6.92 Å².